The quantitative estimate of drug-likeness (QED) is 0.333. The molecular weight excluding hydrogens is 447 g/mol. The van der Waals surface area contributed by atoms with Gasteiger partial charge in [-0.3, -0.25) is 10.9 Å². The van der Waals surface area contributed by atoms with E-state index in [1.165, 1.54) is 11.5 Å². The molecule has 0 saturated heterocycles. The Bertz CT molecular complexity index is 1160. The summed E-state index contributed by atoms with van der Waals surface area (Å²) in [6.45, 7) is 1.68. The number of hydrazine groups is 1. The van der Waals surface area contributed by atoms with Crippen molar-refractivity contribution in [1.29, 1.82) is 0 Å². The Kier molecular flexibility index (Phi) is 5.84. The first-order chi connectivity index (χ1) is 14.5. The molecule has 0 aliphatic heterocycles. The molecule has 30 heavy (non-hydrogen) atoms. The third kappa shape index (κ3) is 4.23. The summed E-state index contributed by atoms with van der Waals surface area (Å²) in [5.41, 5.74) is 9.01. The molecule has 0 spiro atoms. The van der Waals surface area contributed by atoms with Crippen LogP contribution >= 0.6 is 34.7 Å². The number of carbonyl (C=O) groups excluding carboxylic acids is 1. The van der Waals surface area contributed by atoms with Crippen molar-refractivity contribution in [3.05, 3.63) is 63.7 Å². The fourth-order valence-electron chi connectivity index (χ4n) is 2.70. The number of rotatable bonds is 5. The van der Waals surface area contributed by atoms with Crippen LogP contribution in [0.3, 0.4) is 0 Å². The molecule has 0 saturated carbocycles. The lowest BCUT2D eigenvalue weighted by Crippen LogP contribution is -2.33. The number of amides is 2. The average Bonchev–Trinajstić information content (AvgIpc) is 3.39. The van der Waals surface area contributed by atoms with Gasteiger partial charge in [-0.2, -0.15) is 0 Å². The van der Waals surface area contributed by atoms with Gasteiger partial charge in [0.25, 0.3) is 0 Å². The van der Waals surface area contributed by atoms with Crippen LogP contribution in [0.15, 0.2) is 52.4 Å². The average molecular weight is 461 g/mol. The van der Waals surface area contributed by atoms with Crippen molar-refractivity contribution in [3.63, 3.8) is 0 Å². The van der Waals surface area contributed by atoms with Gasteiger partial charge in [0.2, 0.25) is 0 Å². The van der Waals surface area contributed by atoms with Crippen molar-refractivity contribution >= 4 is 52.1 Å². The van der Waals surface area contributed by atoms with Gasteiger partial charge in [0.1, 0.15) is 17.1 Å². The Hall–Kier alpha value is -3.14. The predicted molar refractivity (Wildman–Crippen MR) is 118 cm³/mol. The van der Waals surface area contributed by atoms with Crippen LogP contribution in [-0.2, 0) is 0 Å². The van der Waals surface area contributed by atoms with Gasteiger partial charge in [0, 0.05) is 16.5 Å². The maximum Gasteiger partial charge on any atom is 0.338 e. The highest BCUT2D eigenvalue weighted by molar-refractivity contribution is 7.03. The fraction of sp³-hybridized carbons (Fsp3) is 0.0526. The Morgan fingerprint density at radius 2 is 1.83 bits per heavy atom. The van der Waals surface area contributed by atoms with Crippen LogP contribution in [0.4, 0.5) is 16.2 Å². The third-order valence-corrected chi connectivity index (χ3v) is 5.30. The summed E-state index contributed by atoms with van der Waals surface area (Å²) in [7, 11) is 0. The Balaban J connectivity index is 1.44. The van der Waals surface area contributed by atoms with E-state index >= 15 is 0 Å². The second-order valence-corrected chi connectivity index (χ2v) is 7.55. The summed E-state index contributed by atoms with van der Waals surface area (Å²) in [4.78, 5) is 12.4. The van der Waals surface area contributed by atoms with Crippen LogP contribution in [0.5, 0.6) is 0 Å². The zero-order chi connectivity index (χ0) is 21.1. The van der Waals surface area contributed by atoms with Crippen molar-refractivity contribution in [3.8, 4) is 22.5 Å². The number of urea groups is 1. The number of nitrogens with zero attached hydrogens (tertiary/aromatic N) is 3. The van der Waals surface area contributed by atoms with E-state index in [4.69, 9.17) is 27.7 Å². The maximum atomic E-state index is 12.4. The highest BCUT2D eigenvalue weighted by Crippen LogP contribution is 2.39. The summed E-state index contributed by atoms with van der Waals surface area (Å²) in [6, 6.07) is 12.0. The van der Waals surface area contributed by atoms with Crippen LogP contribution in [0, 0.1) is 6.92 Å². The first kappa shape index (κ1) is 20.1. The Labute approximate surface area is 185 Å². The Morgan fingerprint density at radius 3 is 2.50 bits per heavy atom. The monoisotopic (exact) mass is 460 g/mol. The topological polar surface area (TPSA) is 105 Å². The van der Waals surface area contributed by atoms with Crippen molar-refractivity contribution < 1.29 is 9.32 Å². The molecule has 3 N–H and O–H groups in total. The van der Waals surface area contributed by atoms with E-state index in [1.807, 2.05) is 29.6 Å². The standard InChI is InChI=1S/C19H14Cl2N6O2S/c1-10-17(18(26-29-10)16-13(20)3-2-4-14(16)21)22-19(28)25-23-12-7-5-11(6-8-12)15-9-30-27-24-15/h2-9,23H,1H3,(H2,22,25,28). The van der Waals surface area contributed by atoms with Crippen molar-refractivity contribution in [2.24, 2.45) is 0 Å². The number of benzene rings is 2. The molecule has 0 aliphatic rings. The molecule has 2 heterocycles. The zero-order valence-electron chi connectivity index (χ0n) is 15.4. The molecule has 11 heteroatoms. The van der Waals surface area contributed by atoms with Gasteiger partial charge < -0.3 is 9.84 Å². The lowest BCUT2D eigenvalue weighted by atomic mass is 10.1. The van der Waals surface area contributed by atoms with E-state index in [9.17, 15) is 4.79 Å². The van der Waals surface area contributed by atoms with Gasteiger partial charge in [0.05, 0.1) is 15.7 Å². The first-order valence-corrected chi connectivity index (χ1v) is 10.2. The first-order valence-electron chi connectivity index (χ1n) is 8.64. The predicted octanol–water partition coefficient (Wildman–Crippen LogP) is 5.62. The van der Waals surface area contributed by atoms with Gasteiger partial charge in [-0.25, -0.2) is 4.79 Å². The normalized spacial score (nSPS) is 10.6. The molecule has 0 bridgehead atoms. The van der Waals surface area contributed by atoms with Gasteiger partial charge in [-0.05, 0) is 42.7 Å². The zero-order valence-corrected chi connectivity index (χ0v) is 17.8. The number of hydrogen-bond donors (Lipinski definition) is 3. The summed E-state index contributed by atoms with van der Waals surface area (Å²) in [5.74, 6) is 0.414. The molecule has 152 valence electrons. The molecule has 0 aliphatic carbocycles. The SMILES string of the molecule is Cc1onc(-c2c(Cl)cccc2Cl)c1NC(=O)NNc1ccc(-c2csnn2)cc1. The number of carbonyl (C=O) groups is 1. The summed E-state index contributed by atoms with van der Waals surface area (Å²) in [6.07, 6.45) is 0. The smallest absolute Gasteiger partial charge is 0.338 e. The van der Waals surface area contributed by atoms with Crippen LogP contribution in [0.2, 0.25) is 10.0 Å². The number of aryl methyl sites for hydroxylation is 1. The molecule has 0 atom stereocenters. The molecule has 0 radical (unpaired) electrons. The second kappa shape index (κ2) is 8.70. The van der Waals surface area contributed by atoms with Crippen LogP contribution in [0.25, 0.3) is 22.5 Å². The minimum absolute atomic E-state index is 0.347. The van der Waals surface area contributed by atoms with Gasteiger partial charge in [-0.15, -0.1) is 5.10 Å². The highest BCUT2D eigenvalue weighted by Gasteiger charge is 2.21. The van der Waals surface area contributed by atoms with E-state index in [0.29, 0.717) is 38.4 Å². The minimum Gasteiger partial charge on any atom is -0.359 e. The highest BCUT2D eigenvalue weighted by atomic mass is 35.5. The second-order valence-electron chi connectivity index (χ2n) is 6.13. The van der Waals surface area contributed by atoms with Gasteiger partial charge >= 0.3 is 6.03 Å². The number of halogens is 2. The molecular formula is C19H14Cl2N6O2S. The molecule has 0 fully saturated rings. The van der Waals surface area contributed by atoms with Crippen LogP contribution in [0.1, 0.15) is 5.76 Å². The number of anilines is 2. The molecule has 8 nitrogen and oxygen atoms in total. The number of aromatic nitrogens is 3. The van der Waals surface area contributed by atoms with Crippen molar-refractivity contribution in [2.45, 2.75) is 6.92 Å². The van der Waals surface area contributed by atoms with E-state index < -0.39 is 6.03 Å². The number of hydrogen-bond acceptors (Lipinski definition) is 7. The van der Waals surface area contributed by atoms with Gasteiger partial charge in [0.15, 0.2) is 5.76 Å². The lowest BCUT2D eigenvalue weighted by Gasteiger charge is -2.11. The summed E-state index contributed by atoms with van der Waals surface area (Å²) < 4.78 is 9.08. The molecule has 2 aromatic heterocycles. The third-order valence-electron chi connectivity index (χ3n) is 4.16. The van der Waals surface area contributed by atoms with Crippen LogP contribution in [-0.4, -0.2) is 20.8 Å². The summed E-state index contributed by atoms with van der Waals surface area (Å²) in [5, 5.41) is 13.4. The largest absolute Gasteiger partial charge is 0.359 e. The van der Waals surface area contributed by atoms with E-state index in [1.54, 1.807) is 25.1 Å². The molecule has 4 rings (SSSR count). The molecule has 2 amide bonds. The van der Waals surface area contributed by atoms with Crippen LogP contribution < -0.4 is 16.2 Å². The van der Waals surface area contributed by atoms with Crippen molar-refractivity contribution in [1.82, 2.24) is 20.2 Å². The summed E-state index contributed by atoms with van der Waals surface area (Å²) >= 11 is 13.8. The Morgan fingerprint density at radius 1 is 1.10 bits per heavy atom. The number of nitrogens with one attached hydrogen (secondary N) is 3. The molecule has 2 aromatic carbocycles. The molecule has 0 unspecified atom stereocenters. The fourth-order valence-corrected chi connectivity index (χ4v) is 3.74. The minimum atomic E-state index is -0.515. The van der Waals surface area contributed by atoms with Gasteiger partial charge in [-0.1, -0.05) is 51.0 Å². The van der Waals surface area contributed by atoms with E-state index in [-0.39, 0.29) is 0 Å². The van der Waals surface area contributed by atoms with E-state index in [0.717, 1.165) is 11.3 Å². The van der Waals surface area contributed by atoms with E-state index in [2.05, 4.69) is 30.9 Å². The maximum absolute atomic E-state index is 12.4. The van der Waals surface area contributed by atoms with Crippen molar-refractivity contribution in [2.75, 3.05) is 10.7 Å². The molecule has 4 aromatic rings. The lowest BCUT2D eigenvalue weighted by molar-refractivity contribution is 0.253.